The summed E-state index contributed by atoms with van der Waals surface area (Å²) in [4.78, 5) is 35.5. The number of pyridine rings is 1. The van der Waals surface area contributed by atoms with Crippen molar-refractivity contribution in [1.29, 1.82) is 0 Å². The average Bonchev–Trinajstić information content (AvgIpc) is 3.04. The highest BCUT2D eigenvalue weighted by Gasteiger charge is 2.29. The molecular weight excluding hydrogens is 335 g/mol. The molecule has 0 radical (unpaired) electrons. The van der Waals surface area contributed by atoms with E-state index < -0.39 is 41.1 Å². The summed E-state index contributed by atoms with van der Waals surface area (Å²) in [5.41, 5.74) is -0.542. The number of carboxylic acid groups (broad SMARTS) is 1. The van der Waals surface area contributed by atoms with E-state index in [0.717, 1.165) is 16.7 Å². The first kappa shape index (κ1) is 16.7. The lowest BCUT2D eigenvalue weighted by molar-refractivity contribution is -0.135. The summed E-state index contributed by atoms with van der Waals surface area (Å²) in [6, 6.07) is 5.01. The summed E-state index contributed by atoms with van der Waals surface area (Å²) in [7, 11) is 0. The van der Waals surface area contributed by atoms with Gasteiger partial charge in [0.15, 0.2) is 0 Å². The molecule has 1 aromatic heterocycles. The first-order chi connectivity index (χ1) is 11.9. The number of rotatable bonds is 4. The number of aromatic nitrogens is 1. The van der Waals surface area contributed by atoms with Gasteiger partial charge in [-0.15, -0.1) is 0 Å². The van der Waals surface area contributed by atoms with Crippen LogP contribution in [0.1, 0.15) is 21.6 Å². The van der Waals surface area contributed by atoms with Gasteiger partial charge in [0.2, 0.25) is 0 Å². The number of hydrogen-bond donors (Lipinski definition) is 3. The van der Waals surface area contributed by atoms with Crippen molar-refractivity contribution in [2.24, 2.45) is 0 Å². The second-order valence-electron chi connectivity index (χ2n) is 5.34. The maximum Gasteiger partial charge on any atom is 0.322 e. The highest BCUT2D eigenvalue weighted by molar-refractivity contribution is 5.98. The van der Waals surface area contributed by atoms with Gasteiger partial charge < -0.3 is 20.3 Å². The number of halogens is 1. The molecule has 0 atom stereocenters. The Morgan fingerprint density at radius 1 is 1.24 bits per heavy atom. The lowest BCUT2D eigenvalue weighted by atomic mass is 10.1. The second-order valence-corrected chi connectivity index (χ2v) is 5.34. The van der Waals surface area contributed by atoms with Crippen LogP contribution in [0.4, 0.5) is 4.39 Å². The fourth-order valence-electron chi connectivity index (χ4n) is 2.62. The summed E-state index contributed by atoms with van der Waals surface area (Å²) < 4.78 is 19.6. The van der Waals surface area contributed by atoms with Crippen LogP contribution >= 0.6 is 0 Å². The number of benzene rings is 1. The number of ether oxygens (including phenoxy) is 1. The molecule has 9 heteroatoms. The number of nitrogens with one attached hydrogen (secondary N) is 1. The van der Waals surface area contributed by atoms with E-state index in [2.05, 4.69) is 0 Å². The van der Waals surface area contributed by atoms with E-state index in [-0.39, 0.29) is 18.8 Å². The molecular formula is C16H13FN2O6. The molecule has 3 rings (SSSR count). The third-order valence-corrected chi connectivity index (χ3v) is 3.76. The molecule has 0 spiro atoms. The number of carboxylic acids is 1. The van der Waals surface area contributed by atoms with Gasteiger partial charge in [-0.25, -0.2) is 4.39 Å². The van der Waals surface area contributed by atoms with E-state index in [1.54, 1.807) is 0 Å². The normalized spacial score (nSPS) is 12.7. The van der Waals surface area contributed by atoms with Gasteiger partial charge in [0.25, 0.3) is 11.5 Å². The standard InChI is InChI=1S/C16H13FN2O6/c17-8-1-3-9(4-2-8)19-11-7-25-6-10(11)14(22)13(16(19)24)15(23)18-5-12(20)21/h1-4,22H,5-7H2,(H,18,23)(H,20,21). The minimum atomic E-state index is -1.30. The average molecular weight is 348 g/mol. The minimum absolute atomic E-state index is 0.0121. The molecule has 2 heterocycles. The number of aliphatic carboxylic acids is 1. The van der Waals surface area contributed by atoms with Crippen LogP contribution in [0.15, 0.2) is 29.1 Å². The molecule has 1 aromatic carbocycles. The zero-order valence-electron chi connectivity index (χ0n) is 12.8. The van der Waals surface area contributed by atoms with Crippen molar-refractivity contribution in [2.45, 2.75) is 13.2 Å². The number of carbonyl (C=O) groups is 2. The second kappa shape index (κ2) is 6.36. The van der Waals surface area contributed by atoms with E-state index in [0.29, 0.717) is 11.4 Å². The van der Waals surface area contributed by atoms with Gasteiger partial charge in [0.05, 0.1) is 18.9 Å². The monoisotopic (exact) mass is 348 g/mol. The summed E-state index contributed by atoms with van der Waals surface area (Å²) >= 11 is 0. The van der Waals surface area contributed by atoms with Gasteiger partial charge in [0.1, 0.15) is 23.7 Å². The predicted octanol–water partition coefficient (Wildman–Crippen LogP) is 0.527. The molecule has 0 fully saturated rings. The summed E-state index contributed by atoms with van der Waals surface area (Å²) in [6.07, 6.45) is 0. The minimum Gasteiger partial charge on any atom is -0.506 e. The Morgan fingerprint density at radius 2 is 1.92 bits per heavy atom. The molecule has 1 aliphatic rings. The van der Waals surface area contributed by atoms with Gasteiger partial charge >= 0.3 is 5.97 Å². The summed E-state index contributed by atoms with van der Waals surface area (Å²) in [6.45, 7) is -0.684. The van der Waals surface area contributed by atoms with Crippen molar-refractivity contribution in [3.05, 3.63) is 57.3 Å². The van der Waals surface area contributed by atoms with Crippen LogP contribution < -0.4 is 10.9 Å². The van der Waals surface area contributed by atoms with E-state index >= 15 is 0 Å². The molecule has 0 unspecified atom stereocenters. The van der Waals surface area contributed by atoms with Crippen molar-refractivity contribution < 1.29 is 28.9 Å². The Hall–Kier alpha value is -3.20. The Morgan fingerprint density at radius 3 is 2.56 bits per heavy atom. The molecule has 1 aliphatic heterocycles. The molecule has 0 bridgehead atoms. The highest BCUT2D eigenvalue weighted by Crippen LogP contribution is 2.31. The maximum atomic E-state index is 13.2. The molecule has 8 nitrogen and oxygen atoms in total. The number of carbonyl (C=O) groups excluding carboxylic acids is 1. The molecule has 130 valence electrons. The van der Waals surface area contributed by atoms with Gasteiger partial charge in [-0.3, -0.25) is 19.0 Å². The smallest absolute Gasteiger partial charge is 0.322 e. The molecule has 25 heavy (non-hydrogen) atoms. The lowest BCUT2D eigenvalue weighted by Crippen LogP contribution is -2.36. The number of nitrogens with zero attached hydrogens (tertiary/aromatic N) is 1. The zero-order chi connectivity index (χ0) is 18.1. The topological polar surface area (TPSA) is 118 Å². The van der Waals surface area contributed by atoms with E-state index in [9.17, 15) is 23.9 Å². The van der Waals surface area contributed by atoms with Crippen LogP contribution in [0.2, 0.25) is 0 Å². The maximum absolute atomic E-state index is 13.2. The van der Waals surface area contributed by atoms with Crippen LogP contribution in [-0.2, 0) is 22.7 Å². The van der Waals surface area contributed by atoms with Crippen molar-refractivity contribution in [2.75, 3.05) is 6.54 Å². The van der Waals surface area contributed by atoms with Gasteiger partial charge in [0, 0.05) is 11.3 Å². The highest BCUT2D eigenvalue weighted by atomic mass is 19.1. The van der Waals surface area contributed by atoms with Crippen LogP contribution in [0.5, 0.6) is 5.75 Å². The quantitative estimate of drug-likeness (QED) is 0.742. The molecule has 0 aliphatic carbocycles. The van der Waals surface area contributed by atoms with Gasteiger partial charge in [-0.1, -0.05) is 0 Å². The van der Waals surface area contributed by atoms with E-state index in [1.807, 2.05) is 5.32 Å². The van der Waals surface area contributed by atoms with E-state index in [4.69, 9.17) is 9.84 Å². The van der Waals surface area contributed by atoms with E-state index in [1.165, 1.54) is 12.1 Å². The Bertz CT molecular complexity index is 920. The van der Waals surface area contributed by atoms with Crippen LogP contribution in [0, 0.1) is 5.82 Å². The zero-order valence-corrected chi connectivity index (χ0v) is 12.8. The van der Waals surface area contributed by atoms with Crippen LogP contribution in [0.3, 0.4) is 0 Å². The number of amides is 1. The number of fused-ring (bicyclic) bond motifs is 1. The third-order valence-electron chi connectivity index (χ3n) is 3.76. The van der Waals surface area contributed by atoms with Crippen molar-refractivity contribution >= 4 is 11.9 Å². The first-order valence-corrected chi connectivity index (χ1v) is 7.23. The van der Waals surface area contributed by atoms with Crippen molar-refractivity contribution in [1.82, 2.24) is 9.88 Å². The molecule has 0 saturated carbocycles. The lowest BCUT2D eigenvalue weighted by Gasteiger charge is -2.15. The number of hydrogen-bond acceptors (Lipinski definition) is 5. The molecule has 3 N–H and O–H groups in total. The fraction of sp³-hybridized carbons (Fsp3) is 0.188. The van der Waals surface area contributed by atoms with Crippen LogP contribution in [0.25, 0.3) is 5.69 Å². The SMILES string of the molecule is O=C(O)CNC(=O)c1c(O)c2c(n(-c3ccc(F)cc3)c1=O)COC2. The molecule has 1 amide bonds. The third kappa shape index (κ3) is 2.96. The first-order valence-electron chi connectivity index (χ1n) is 7.23. The summed E-state index contributed by atoms with van der Waals surface area (Å²) in [5.74, 6) is -3.35. The predicted molar refractivity (Wildman–Crippen MR) is 82.1 cm³/mol. The fourth-order valence-corrected chi connectivity index (χ4v) is 2.62. The number of aromatic hydroxyl groups is 1. The van der Waals surface area contributed by atoms with Crippen molar-refractivity contribution in [3.63, 3.8) is 0 Å². The Kier molecular flexibility index (Phi) is 4.24. The Balaban J connectivity index is 2.19. The van der Waals surface area contributed by atoms with Gasteiger partial charge in [-0.05, 0) is 24.3 Å². The molecule has 2 aromatic rings. The van der Waals surface area contributed by atoms with Crippen LogP contribution in [-0.4, -0.2) is 33.2 Å². The Labute approximate surface area is 140 Å². The summed E-state index contributed by atoms with van der Waals surface area (Å²) in [5, 5.41) is 21.0. The largest absolute Gasteiger partial charge is 0.506 e. The molecule has 0 saturated heterocycles. The van der Waals surface area contributed by atoms with Crippen molar-refractivity contribution in [3.8, 4) is 11.4 Å². The van der Waals surface area contributed by atoms with Gasteiger partial charge in [-0.2, -0.15) is 0 Å².